The second kappa shape index (κ2) is 8.94. The average Bonchev–Trinajstić information content (AvgIpc) is 3.24. The van der Waals surface area contributed by atoms with Crippen molar-refractivity contribution in [2.75, 3.05) is 32.0 Å². The normalized spacial score (nSPS) is 14.3. The molecule has 0 unspecified atom stereocenters. The molecule has 28 heavy (non-hydrogen) atoms. The Kier molecular flexibility index (Phi) is 5.93. The molecule has 1 heterocycles. The van der Waals surface area contributed by atoms with Gasteiger partial charge in [0.05, 0.1) is 0 Å². The predicted octanol–water partition coefficient (Wildman–Crippen LogP) is 5.00. The molecule has 4 rings (SSSR count). The highest BCUT2D eigenvalue weighted by molar-refractivity contribution is 5.69. The second-order valence-electron chi connectivity index (χ2n) is 7.50. The number of ether oxygens (including phenoxy) is 1. The molecule has 0 bridgehead atoms. The molecule has 3 aromatic rings. The number of anilines is 1. The number of likely N-dealkylation sites (tertiary alicyclic amines) is 1. The summed E-state index contributed by atoms with van der Waals surface area (Å²) in [5, 5.41) is 0. The standard InChI is InChI=1S/C25H28N2O/c26-23-11-9-21(10-12-23)25-6-2-1-5-22(25)19-20-7-13-24(14-8-20)28-18-17-27-15-3-4-16-27/h1-2,5-14H,3-4,15-19,26H2. The Morgan fingerprint density at radius 1 is 0.821 bits per heavy atom. The molecule has 0 spiro atoms. The van der Waals surface area contributed by atoms with E-state index in [2.05, 4.69) is 65.6 Å². The molecule has 0 saturated carbocycles. The number of hydrogen-bond acceptors (Lipinski definition) is 3. The lowest BCUT2D eigenvalue weighted by molar-refractivity contribution is 0.238. The molecule has 1 aliphatic rings. The van der Waals surface area contributed by atoms with E-state index >= 15 is 0 Å². The predicted molar refractivity (Wildman–Crippen MR) is 117 cm³/mol. The van der Waals surface area contributed by atoms with Gasteiger partial charge in [-0.1, -0.05) is 48.5 Å². The first-order chi connectivity index (χ1) is 13.8. The average molecular weight is 373 g/mol. The third-order valence-corrected chi connectivity index (χ3v) is 5.43. The van der Waals surface area contributed by atoms with E-state index in [4.69, 9.17) is 10.5 Å². The van der Waals surface area contributed by atoms with Crippen molar-refractivity contribution in [3.63, 3.8) is 0 Å². The fourth-order valence-electron chi connectivity index (χ4n) is 3.84. The zero-order valence-electron chi connectivity index (χ0n) is 16.3. The van der Waals surface area contributed by atoms with Crippen LogP contribution in [0.4, 0.5) is 5.69 Å². The van der Waals surface area contributed by atoms with E-state index < -0.39 is 0 Å². The lowest BCUT2D eigenvalue weighted by atomic mass is 9.95. The van der Waals surface area contributed by atoms with E-state index in [1.54, 1.807) is 0 Å². The lowest BCUT2D eigenvalue weighted by Crippen LogP contribution is -2.25. The lowest BCUT2D eigenvalue weighted by Gasteiger charge is -2.15. The Bertz CT molecular complexity index is 881. The summed E-state index contributed by atoms with van der Waals surface area (Å²) in [6.45, 7) is 4.22. The first kappa shape index (κ1) is 18.6. The highest BCUT2D eigenvalue weighted by Gasteiger charge is 2.11. The maximum Gasteiger partial charge on any atom is 0.119 e. The third-order valence-electron chi connectivity index (χ3n) is 5.43. The number of benzene rings is 3. The van der Waals surface area contributed by atoms with Crippen LogP contribution in [0.1, 0.15) is 24.0 Å². The molecule has 3 nitrogen and oxygen atoms in total. The van der Waals surface area contributed by atoms with Crippen LogP contribution in [-0.2, 0) is 6.42 Å². The van der Waals surface area contributed by atoms with Crippen molar-refractivity contribution >= 4 is 5.69 Å². The van der Waals surface area contributed by atoms with E-state index in [9.17, 15) is 0 Å². The molecule has 0 aliphatic carbocycles. The zero-order chi connectivity index (χ0) is 19.2. The molecule has 0 aromatic heterocycles. The fraction of sp³-hybridized carbons (Fsp3) is 0.280. The summed E-state index contributed by atoms with van der Waals surface area (Å²) in [7, 11) is 0. The monoisotopic (exact) mass is 372 g/mol. The molecule has 2 N–H and O–H groups in total. The summed E-state index contributed by atoms with van der Waals surface area (Å²) in [5.74, 6) is 0.953. The van der Waals surface area contributed by atoms with Crippen LogP contribution in [-0.4, -0.2) is 31.1 Å². The molecule has 3 heteroatoms. The van der Waals surface area contributed by atoms with E-state index in [0.29, 0.717) is 0 Å². The van der Waals surface area contributed by atoms with Crippen LogP contribution in [0.5, 0.6) is 5.75 Å². The summed E-state index contributed by atoms with van der Waals surface area (Å²) >= 11 is 0. The van der Waals surface area contributed by atoms with Crippen molar-refractivity contribution in [2.24, 2.45) is 0 Å². The van der Waals surface area contributed by atoms with Crippen molar-refractivity contribution in [1.29, 1.82) is 0 Å². The van der Waals surface area contributed by atoms with Gasteiger partial charge in [-0.2, -0.15) is 0 Å². The molecule has 1 saturated heterocycles. The summed E-state index contributed by atoms with van der Waals surface area (Å²) in [4.78, 5) is 2.47. The summed E-state index contributed by atoms with van der Waals surface area (Å²) < 4.78 is 5.92. The minimum absolute atomic E-state index is 0.763. The highest BCUT2D eigenvalue weighted by Crippen LogP contribution is 2.27. The number of nitrogen functional groups attached to an aromatic ring is 1. The van der Waals surface area contributed by atoms with Crippen LogP contribution >= 0.6 is 0 Å². The van der Waals surface area contributed by atoms with Crippen molar-refractivity contribution < 1.29 is 4.74 Å². The van der Waals surface area contributed by atoms with Gasteiger partial charge in [-0.15, -0.1) is 0 Å². The maximum atomic E-state index is 5.92. The Hall–Kier alpha value is -2.78. The molecular weight excluding hydrogens is 344 g/mol. The molecule has 0 radical (unpaired) electrons. The number of rotatable bonds is 7. The van der Waals surface area contributed by atoms with Gasteiger partial charge in [-0.05, 0) is 78.9 Å². The van der Waals surface area contributed by atoms with Gasteiger partial charge in [-0.3, -0.25) is 4.90 Å². The van der Waals surface area contributed by atoms with Crippen molar-refractivity contribution in [3.8, 4) is 16.9 Å². The van der Waals surface area contributed by atoms with E-state index in [-0.39, 0.29) is 0 Å². The quantitative estimate of drug-likeness (QED) is 0.593. The van der Waals surface area contributed by atoms with Crippen LogP contribution in [0.15, 0.2) is 72.8 Å². The van der Waals surface area contributed by atoms with Crippen molar-refractivity contribution in [1.82, 2.24) is 4.90 Å². The van der Waals surface area contributed by atoms with Gasteiger partial charge in [0.1, 0.15) is 12.4 Å². The summed E-state index contributed by atoms with van der Waals surface area (Å²) in [6, 6.07) is 25.2. The van der Waals surface area contributed by atoms with Crippen LogP contribution < -0.4 is 10.5 Å². The maximum absolute atomic E-state index is 5.92. The second-order valence-corrected chi connectivity index (χ2v) is 7.50. The molecule has 3 aromatic carbocycles. The first-order valence-electron chi connectivity index (χ1n) is 10.2. The Labute approximate surface area is 167 Å². The Morgan fingerprint density at radius 2 is 1.54 bits per heavy atom. The zero-order valence-corrected chi connectivity index (χ0v) is 16.3. The van der Waals surface area contributed by atoms with Gasteiger partial charge < -0.3 is 10.5 Å². The van der Waals surface area contributed by atoms with Crippen LogP contribution in [0, 0.1) is 0 Å². The van der Waals surface area contributed by atoms with Gasteiger partial charge >= 0.3 is 0 Å². The molecule has 1 fully saturated rings. The van der Waals surface area contributed by atoms with Gasteiger partial charge in [-0.25, -0.2) is 0 Å². The van der Waals surface area contributed by atoms with Crippen LogP contribution in [0.25, 0.3) is 11.1 Å². The van der Waals surface area contributed by atoms with Crippen LogP contribution in [0.2, 0.25) is 0 Å². The molecule has 0 atom stereocenters. The Morgan fingerprint density at radius 3 is 2.29 bits per heavy atom. The topological polar surface area (TPSA) is 38.5 Å². The van der Waals surface area contributed by atoms with E-state index in [0.717, 1.165) is 31.0 Å². The smallest absolute Gasteiger partial charge is 0.119 e. The summed E-state index contributed by atoms with van der Waals surface area (Å²) in [5.41, 5.74) is 11.7. The number of hydrogen-bond donors (Lipinski definition) is 1. The largest absolute Gasteiger partial charge is 0.492 e. The molecular formula is C25H28N2O. The molecule has 1 aliphatic heterocycles. The Balaban J connectivity index is 1.40. The minimum Gasteiger partial charge on any atom is -0.492 e. The van der Waals surface area contributed by atoms with Crippen molar-refractivity contribution in [3.05, 3.63) is 83.9 Å². The minimum atomic E-state index is 0.763. The third kappa shape index (κ3) is 4.73. The van der Waals surface area contributed by atoms with Gasteiger partial charge in [0.2, 0.25) is 0 Å². The van der Waals surface area contributed by atoms with Gasteiger partial charge in [0.25, 0.3) is 0 Å². The van der Waals surface area contributed by atoms with E-state index in [1.807, 2.05) is 12.1 Å². The SMILES string of the molecule is Nc1ccc(-c2ccccc2Cc2ccc(OCCN3CCCC3)cc2)cc1. The highest BCUT2D eigenvalue weighted by atomic mass is 16.5. The van der Waals surface area contributed by atoms with Crippen molar-refractivity contribution in [2.45, 2.75) is 19.3 Å². The van der Waals surface area contributed by atoms with Gasteiger partial charge in [0.15, 0.2) is 0 Å². The summed E-state index contributed by atoms with van der Waals surface area (Å²) in [6.07, 6.45) is 3.55. The molecule has 144 valence electrons. The number of nitrogens with zero attached hydrogens (tertiary/aromatic N) is 1. The van der Waals surface area contributed by atoms with E-state index in [1.165, 1.54) is 48.2 Å². The number of nitrogens with two attached hydrogens (primary N) is 1. The fourth-order valence-corrected chi connectivity index (χ4v) is 3.84. The molecule has 0 amide bonds. The van der Waals surface area contributed by atoms with Crippen LogP contribution in [0.3, 0.4) is 0 Å². The first-order valence-corrected chi connectivity index (χ1v) is 10.2. The van der Waals surface area contributed by atoms with Gasteiger partial charge in [0, 0.05) is 12.2 Å².